The molecule has 0 aromatic rings. The van der Waals surface area contributed by atoms with Crippen LogP contribution in [-0.2, 0) is 18.4 Å². The highest BCUT2D eigenvalue weighted by Crippen LogP contribution is 2.43. The lowest BCUT2D eigenvalue weighted by Crippen LogP contribution is -2.45. The van der Waals surface area contributed by atoms with Gasteiger partial charge in [-0.15, -0.1) is 0 Å². The zero-order valence-electron chi connectivity index (χ0n) is 45.4. The fourth-order valence-electron chi connectivity index (χ4n) is 8.83. The van der Waals surface area contributed by atoms with Gasteiger partial charge in [-0.1, -0.05) is 276 Å². The molecule has 0 saturated heterocycles. The van der Waals surface area contributed by atoms with Crippen molar-refractivity contribution >= 4 is 13.7 Å². The van der Waals surface area contributed by atoms with E-state index in [0.29, 0.717) is 17.4 Å². The number of quaternary nitrogens is 1. The minimum Gasteiger partial charge on any atom is -0.387 e. The van der Waals surface area contributed by atoms with E-state index in [4.69, 9.17) is 9.05 Å². The van der Waals surface area contributed by atoms with E-state index in [9.17, 15) is 19.4 Å². The summed E-state index contributed by atoms with van der Waals surface area (Å²) < 4.78 is 23.7. The number of hydrogen-bond acceptors (Lipinski definition) is 5. The molecule has 0 saturated carbocycles. The van der Waals surface area contributed by atoms with Crippen LogP contribution in [-0.4, -0.2) is 73.4 Å². The third-order valence-electron chi connectivity index (χ3n) is 13.4. The maximum atomic E-state index is 13.0. The van der Waals surface area contributed by atoms with Crippen LogP contribution in [0, 0.1) is 0 Å². The van der Waals surface area contributed by atoms with Crippen LogP contribution in [0.5, 0.6) is 0 Å². The van der Waals surface area contributed by atoms with Gasteiger partial charge in [-0.2, -0.15) is 0 Å². The Labute approximate surface area is 417 Å². The van der Waals surface area contributed by atoms with Gasteiger partial charge in [-0.3, -0.25) is 13.8 Å². The first-order valence-electron chi connectivity index (χ1n) is 29.2. The standard InChI is InChI=1S/C58H115N2O6P/c1-6-8-10-12-14-16-18-20-22-24-26-28-30-32-34-36-38-40-42-44-46-48-50-52-58(62)59-56(55-66-67(63,64)65-54-53-60(3,4)5)57(61)51-49-47-45-43-41-39-37-35-33-31-29-27-25-23-21-19-17-15-13-11-9-7-2/h41,43,49,51,56-57,61H,6-40,42,44-48,50,52-55H2,1-5H3,(H-,59,62,63,64)/p+1/b43-41+,51-49+. The Kier molecular flexibility index (Phi) is 49.2. The number of aliphatic hydroxyl groups is 1. The van der Waals surface area contributed by atoms with Crippen molar-refractivity contribution in [2.24, 2.45) is 0 Å². The molecule has 0 aliphatic carbocycles. The van der Waals surface area contributed by atoms with E-state index in [1.165, 1.54) is 231 Å². The summed E-state index contributed by atoms with van der Waals surface area (Å²) in [6.07, 6.45) is 62.8. The molecular formula is C58H116N2O6P+. The lowest BCUT2D eigenvalue weighted by atomic mass is 10.0. The summed E-state index contributed by atoms with van der Waals surface area (Å²) in [5, 5.41) is 13.9. The lowest BCUT2D eigenvalue weighted by molar-refractivity contribution is -0.870. The molecule has 398 valence electrons. The Balaban J connectivity index is 4.22. The van der Waals surface area contributed by atoms with Crippen molar-refractivity contribution in [3.63, 3.8) is 0 Å². The second kappa shape index (κ2) is 49.9. The Hall–Kier alpha value is -1.02. The van der Waals surface area contributed by atoms with Gasteiger partial charge in [0.15, 0.2) is 0 Å². The molecule has 0 bridgehead atoms. The van der Waals surface area contributed by atoms with Crippen molar-refractivity contribution in [2.45, 2.75) is 302 Å². The van der Waals surface area contributed by atoms with Crippen LogP contribution in [0.2, 0.25) is 0 Å². The SMILES string of the molecule is CCCCCCCCCCCCCCCCCC/C=C/CC/C=C/C(O)C(COP(=O)(O)OCC[N+](C)(C)C)NC(=O)CCCCCCCCCCCCCCCCCCCCCCCCC. The van der Waals surface area contributed by atoms with Gasteiger partial charge >= 0.3 is 7.82 Å². The summed E-state index contributed by atoms with van der Waals surface area (Å²) in [6.45, 7) is 4.84. The van der Waals surface area contributed by atoms with E-state index in [2.05, 4.69) is 31.3 Å². The fourth-order valence-corrected chi connectivity index (χ4v) is 9.56. The van der Waals surface area contributed by atoms with Gasteiger partial charge in [-0.05, 0) is 32.1 Å². The molecule has 3 N–H and O–H groups in total. The van der Waals surface area contributed by atoms with Gasteiger partial charge in [0.25, 0.3) is 0 Å². The summed E-state index contributed by atoms with van der Waals surface area (Å²) >= 11 is 0. The molecule has 1 amide bonds. The normalized spacial score (nSPS) is 14.1. The molecular weight excluding hydrogens is 852 g/mol. The van der Waals surface area contributed by atoms with Crippen LogP contribution >= 0.6 is 7.82 Å². The first-order chi connectivity index (χ1) is 32.5. The molecule has 0 aliphatic heterocycles. The molecule has 8 nitrogen and oxygen atoms in total. The van der Waals surface area contributed by atoms with Crippen molar-refractivity contribution in [3.05, 3.63) is 24.3 Å². The summed E-state index contributed by atoms with van der Waals surface area (Å²) in [7, 11) is 1.57. The van der Waals surface area contributed by atoms with Crippen LogP contribution in [0.1, 0.15) is 290 Å². The smallest absolute Gasteiger partial charge is 0.387 e. The van der Waals surface area contributed by atoms with Crippen molar-refractivity contribution in [3.8, 4) is 0 Å². The van der Waals surface area contributed by atoms with Gasteiger partial charge < -0.3 is 19.8 Å². The summed E-state index contributed by atoms with van der Waals surface area (Å²) in [6, 6.07) is -0.860. The summed E-state index contributed by atoms with van der Waals surface area (Å²) in [5.74, 6) is -0.180. The van der Waals surface area contributed by atoms with Crippen LogP contribution in [0.3, 0.4) is 0 Å². The minimum absolute atomic E-state index is 0.0588. The van der Waals surface area contributed by atoms with Gasteiger partial charge in [0, 0.05) is 6.42 Å². The number of allylic oxidation sites excluding steroid dienone is 3. The van der Waals surface area contributed by atoms with Gasteiger partial charge in [-0.25, -0.2) is 4.57 Å². The Bertz CT molecular complexity index is 1140. The van der Waals surface area contributed by atoms with E-state index >= 15 is 0 Å². The first-order valence-corrected chi connectivity index (χ1v) is 30.7. The first kappa shape index (κ1) is 66.0. The number of likely N-dealkylation sites (N-methyl/N-ethyl adjacent to an activating group) is 1. The number of aliphatic hydroxyl groups excluding tert-OH is 1. The zero-order valence-corrected chi connectivity index (χ0v) is 46.3. The molecule has 0 radical (unpaired) electrons. The topological polar surface area (TPSA) is 105 Å². The molecule has 0 spiro atoms. The van der Waals surface area contributed by atoms with E-state index in [1.54, 1.807) is 6.08 Å². The van der Waals surface area contributed by atoms with Crippen LogP contribution in [0.25, 0.3) is 0 Å². The van der Waals surface area contributed by atoms with Gasteiger partial charge in [0.05, 0.1) is 39.9 Å². The predicted molar refractivity (Wildman–Crippen MR) is 291 cm³/mol. The third kappa shape index (κ3) is 52.6. The van der Waals surface area contributed by atoms with Crippen LogP contribution < -0.4 is 5.32 Å². The third-order valence-corrected chi connectivity index (χ3v) is 14.4. The molecule has 0 fully saturated rings. The van der Waals surface area contributed by atoms with Crippen molar-refractivity contribution in [1.29, 1.82) is 0 Å². The Morgan fingerprint density at radius 3 is 1.19 bits per heavy atom. The molecule has 0 rings (SSSR count). The maximum absolute atomic E-state index is 13.0. The van der Waals surface area contributed by atoms with Crippen molar-refractivity contribution < 1.29 is 32.9 Å². The molecule has 0 aliphatic rings. The quantitative estimate of drug-likeness (QED) is 0.0243. The number of amides is 1. The van der Waals surface area contributed by atoms with E-state index in [0.717, 1.165) is 38.5 Å². The monoisotopic (exact) mass is 968 g/mol. The molecule has 0 heterocycles. The van der Waals surface area contributed by atoms with Crippen molar-refractivity contribution in [1.82, 2.24) is 5.32 Å². The van der Waals surface area contributed by atoms with Crippen molar-refractivity contribution in [2.75, 3.05) is 40.9 Å². The predicted octanol–water partition coefficient (Wildman–Crippen LogP) is 17.6. The number of unbranched alkanes of at least 4 members (excludes halogenated alkanes) is 39. The average Bonchev–Trinajstić information content (AvgIpc) is 3.29. The molecule has 0 aromatic heterocycles. The average molecular weight is 969 g/mol. The molecule has 3 atom stereocenters. The number of rotatable bonds is 54. The highest BCUT2D eigenvalue weighted by molar-refractivity contribution is 7.47. The number of phosphoric acid groups is 1. The lowest BCUT2D eigenvalue weighted by Gasteiger charge is -2.25. The molecule has 67 heavy (non-hydrogen) atoms. The molecule has 0 aromatic carbocycles. The van der Waals surface area contributed by atoms with Gasteiger partial charge in [0.2, 0.25) is 5.91 Å². The largest absolute Gasteiger partial charge is 0.472 e. The molecule has 3 unspecified atom stereocenters. The van der Waals surface area contributed by atoms with Gasteiger partial charge in [0.1, 0.15) is 13.2 Å². The zero-order chi connectivity index (χ0) is 49.2. The molecule has 9 heteroatoms. The van der Waals surface area contributed by atoms with E-state index in [-0.39, 0.29) is 19.1 Å². The summed E-state index contributed by atoms with van der Waals surface area (Å²) in [5.41, 5.74) is 0. The van der Waals surface area contributed by atoms with E-state index < -0.39 is 20.0 Å². The summed E-state index contributed by atoms with van der Waals surface area (Å²) in [4.78, 5) is 23.3. The van der Waals surface area contributed by atoms with Crippen LogP contribution in [0.15, 0.2) is 24.3 Å². The number of carbonyl (C=O) groups excluding carboxylic acids is 1. The fraction of sp³-hybridized carbons (Fsp3) is 0.914. The number of phosphoric ester groups is 1. The minimum atomic E-state index is -4.35. The number of nitrogens with one attached hydrogen (secondary N) is 1. The number of nitrogens with zero attached hydrogens (tertiary/aromatic N) is 1. The highest BCUT2D eigenvalue weighted by Gasteiger charge is 2.27. The van der Waals surface area contributed by atoms with Crippen LogP contribution in [0.4, 0.5) is 0 Å². The second-order valence-electron chi connectivity index (χ2n) is 21.4. The van der Waals surface area contributed by atoms with E-state index in [1.807, 2.05) is 27.2 Å². The Morgan fingerprint density at radius 1 is 0.493 bits per heavy atom. The Morgan fingerprint density at radius 2 is 0.821 bits per heavy atom. The maximum Gasteiger partial charge on any atom is 0.472 e. The second-order valence-corrected chi connectivity index (χ2v) is 22.8. The highest BCUT2D eigenvalue weighted by atomic mass is 31.2. The number of carbonyl (C=O) groups is 1. The number of hydrogen-bond donors (Lipinski definition) is 3.